The Morgan fingerprint density at radius 3 is 2.06 bits per heavy atom. The van der Waals surface area contributed by atoms with E-state index in [2.05, 4.69) is 15.0 Å². The maximum absolute atomic E-state index is 13.6. The fourth-order valence-electron chi connectivity index (χ4n) is 3.32. The molecule has 0 aliphatic rings. The highest BCUT2D eigenvalue weighted by atomic mass is 19.4. The molecule has 0 fully saturated rings. The van der Waals surface area contributed by atoms with E-state index in [0.29, 0.717) is 18.2 Å². The average Bonchev–Trinajstić information content (AvgIpc) is 2.77. The fraction of sp³-hybridized carbons (Fsp3) is 0.217. The van der Waals surface area contributed by atoms with Crippen molar-refractivity contribution in [1.29, 1.82) is 0 Å². The van der Waals surface area contributed by atoms with Gasteiger partial charge in [0.05, 0.1) is 29.3 Å². The standard InChI is InChI=1S/C23H15F9N2O2/c24-21(25,26)15-9-7-13(8-10-15)19(20-16(22(27,28)29)5-3-11-33-20)34-18(35)12-14-4-1-2-6-17(14)36-23(30,31)32/h1-11,19H,12H2,(H,34,35). The first-order valence-electron chi connectivity index (χ1n) is 9.97. The van der Waals surface area contributed by atoms with Gasteiger partial charge < -0.3 is 10.1 Å². The van der Waals surface area contributed by atoms with E-state index in [4.69, 9.17) is 0 Å². The van der Waals surface area contributed by atoms with Gasteiger partial charge in [-0.1, -0.05) is 30.3 Å². The van der Waals surface area contributed by atoms with Gasteiger partial charge in [0.2, 0.25) is 5.91 Å². The molecule has 0 bridgehead atoms. The average molecular weight is 522 g/mol. The molecule has 1 heterocycles. The Kier molecular flexibility index (Phi) is 7.51. The second-order valence-electron chi connectivity index (χ2n) is 7.39. The van der Waals surface area contributed by atoms with E-state index in [1.807, 2.05) is 0 Å². The predicted octanol–water partition coefficient (Wildman–Crippen LogP) is 6.47. The van der Waals surface area contributed by atoms with Crippen molar-refractivity contribution in [3.63, 3.8) is 0 Å². The highest BCUT2D eigenvalue weighted by Gasteiger charge is 2.38. The molecule has 1 aromatic heterocycles. The van der Waals surface area contributed by atoms with Gasteiger partial charge in [0.15, 0.2) is 0 Å². The number of amides is 1. The summed E-state index contributed by atoms with van der Waals surface area (Å²) < 4.78 is 122. The molecule has 2 aromatic carbocycles. The van der Waals surface area contributed by atoms with Crippen LogP contribution in [0.2, 0.25) is 0 Å². The molecule has 3 rings (SSSR count). The van der Waals surface area contributed by atoms with Crippen molar-refractivity contribution in [3.8, 4) is 5.75 Å². The van der Waals surface area contributed by atoms with Crippen LogP contribution in [0.25, 0.3) is 0 Å². The van der Waals surface area contributed by atoms with Crippen LogP contribution in [-0.4, -0.2) is 17.3 Å². The fourth-order valence-corrected chi connectivity index (χ4v) is 3.32. The molecule has 0 saturated heterocycles. The summed E-state index contributed by atoms with van der Waals surface area (Å²) in [5.74, 6) is -1.73. The van der Waals surface area contributed by atoms with E-state index in [9.17, 15) is 44.3 Å². The lowest BCUT2D eigenvalue weighted by molar-refractivity contribution is -0.274. The number of rotatable bonds is 6. The minimum Gasteiger partial charge on any atom is -0.405 e. The molecule has 0 aliphatic carbocycles. The van der Waals surface area contributed by atoms with Crippen LogP contribution < -0.4 is 10.1 Å². The lowest BCUT2D eigenvalue weighted by Gasteiger charge is -2.23. The summed E-state index contributed by atoms with van der Waals surface area (Å²) in [7, 11) is 0. The van der Waals surface area contributed by atoms with E-state index in [1.165, 1.54) is 12.1 Å². The maximum atomic E-state index is 13.6. The quantitative estimate of drug-likeness (QED) is 0.378. The zero-order valence-electron chi connectivity index (χ0n) is 17.8. The Bertz CT molecular complexity index is 1200. The number of pyridine rings is 1. The smallest absolute Gasteiger partial charge is 0.405 e. The van der Waals surface area contributed by atoms with Crippen molar-refractivity contribution in [2.45, 2.75) is 31.2 Å². The molecule has 1 N–H and O–H groups in total. The van der Waals surface area contributed by atoms with Gasteiger partial charge in [-0.3, -0.25) is 9.78 Å². The summed E-state index contributed by atoms with van der Waals surface area (Å²) in [6, 6.07) is 7.63. The molecule has 4 nitrogen and oxygen atoms in total. The third-order valence-electron chi connectivity index (χ3n) is 4.84. The van der Waals surface area contributed by atoms with Crippen LogP contribution in [0.3, 0.4) is 0 Å². The second-order valence-corrected chi connectivity index (χ2v) is 7.39. The van der Waals surface area contributed by atoms with E-state index in [-0.39, 0.29) is 11.1 Å². The third kappa shape index (κ3) is 6.89. The van der Waals surface area contributed by atoms with Gasteiger partial charge >= 0.3 is 18.7 Å². The summed E-state index contributed by atoms with van der Waals surface area (Å²) >= 11 is 0. The second kappa shape index (κ2) is 10.1. The number of hydrogen-bond acceptors (Lipinski definition) is 3. The molecule has 0 aliphatic heterocycles. The van der Waals surface area contributed by atoms with Crippen LogP contribution in [0.1, 0.15) is 34.0 Å². The van der Waals surface area contributed by atoms with E-state index >= 15 is 0 Å². The third-order valence-corrected chi connectivity index (χ3v) is 4.84. The van der Waals surface area contributed by atoms with E-state index < -0.39 is 59.7 Å². The minimum absolute atomic E-state index is 0.166. The molecular formula is C23H15F9N2O2. The van der Waals surface area contributed by atoms with Gasteiger partial charge in [-0.25, -0.2) is 0 Å². The van der Waals surface area contributed by atoms with Gasteiger partial charge in [-0.15, -0.1) is 13.2 Å². The molecule has 1 unspecified atom stereocenters. The van der Waals surface area contributed by atoms with E-state index in [1.54, 1.807) is 0 Å². The Labute approximate surface area is 197 Å². The molecule has 192 valence electrons. The first-order chi connectivity index (χ1) is 16.6. The summed E-state index contributed by atoms with van der Waals surface area (Å²) in [6.07, 6.45) is -14.4. The van der Waals surface area contributed by atoms with Crippen molar-refractivity contribution in [2.75, 3.05) is 0 Å². The number of ether oxygens (including phenoxy) is 1. The van der Waals surface area contributed by atoms with Gasteiger partial charge in [0.1, 0.15) is 5.75 Å². The minimum atomic E-state index is -5.06. The topological polar surface area (TPSA) is 51.2 Å². The number of alkyl halides is 9. The monoisotopic (exact) mass is 522 g/mol. The summed E-state index contributed by atoms with van der Waals surface area (Å²) in [5, 5.41) is 2.24. The molecule has 1 amide bonds. The number of halogens is 9. The molecule has 0 saturated carbocycles. The highest BCUT2D eigenvalue weighted by molar-refractivity contribution is 5.80. The van der Waals surface area contributed by atoms with Crippen LogP contribution in [-0.2, 0) is 23.6 Å². The lowest BCUT2D eigenvalue weighted by Crippen LogP contribution is -2.33. The highest BCUT2D eigenvalue weighted by Crippen LogP contribution is 2.37. The van der Waals surface area contributed by atoms with Crippen molar-refractivity contribution >= 4 is 5.91 Å². The van der Waals surface area contributed by atoms with Crippen LogP contribution in [0.4, 0.5) is 39.5 Å². The SMILES string of the molecule is O=C(Cc1ccccc1OC(F)(F)F)NC(c1ccc(C(F)(F)F)cc1)c1ncccc1C(F)(F)F. The van der Waals surface area contributed by atoms with E-state index in [0.717, 1.165) is 36.5 Å². The normalized spacial score (nSPS) is 13.2. The Morgan fingerprint density at radius 1 is 0.833 bits per heavy atom. The summed E-state index contributed by atoms with van der Waals surface area (Å²) in [5.41, 5.74) is -3.43. The molecule has 3 aromatic rings. The lowest BCUT2D eigenvalue weighted by atomic mass is 9.97. The number of benzene rings is 2. The number of nitrogens with zero attached hydrogens (tertiary/aromatic N) is 1. The molecular weight excluding hydrogens is 507 g/mol. The van der Waals surface area contributed by atoms with Crippen molar-refractivity contribution in [3.05, 3.63) is 94.8 Å². The van der Waals surface area contributed by atoms with Gasteiger partial charge in [0, 0.05) is 11.8 Å². The van der Waals surface area contributed by atoms with Crippen molar-refractivity contribution in [2.24, 2.45) is 0 Å². The molecule has 13 heteroatoms. The van der Waals surface area contributed by atoms with Crippen LogP contribution in [0.5, 0.6) is 5.75 Å². The number of hydrogen-bond donors (Lipinski definition) is 1. The van der Waals surface area contributed by atoms with Crippen molar-refractivity contribution < 1.29 is 49.0 Å². The number of para-hydroxylation sites is 1. The maximum Gasteiger partial charge on any atom is 0.573 e. The van der Waals surface area contributed by atoms with Crippen molar-refractivity contribution in [1.82, 2.24) is 10.3 Å². The van der Waals surface area contributed by atoms with Crippen LogP contribution in [0.15, 0.2) is 66.9 Å². The number of aromatic nitrogens is 1. The van der Waals surface area contributed by atoms with Gasteiger partial charge in [0.25, 0.3) is 0 Å². The van der Waals surface area contributed by atoms with Crippen LogP contribution in [0, 0.1) is 0 Å². The largest absolute Gasteiger partial charge is 0.573 e. The zero-order valence-corrected chi connectivity index (χ0v) is 17.8. The number of carbonyl (C=O) groups excluding carboxylic acids is 1. The zero-order chi connectivity index (χ0) is 26.7. The predicted molar refractivity (Wildman–Crippen MR) is 107 cm³/mol. The number of nitrogens with one attached hydrogen (secondary N) is 1. The van der Waals surface area contributed by atoms with Gasteiger partial charge in [-0.2, -0.15) is 26.3 Å². The molecule has 36 heavy (non-hydrogen) atoms. The first-order valence-corrected chi connectivity index (χ1v) is 9.97. The Morgan fingerprint density at radius 2 is 1.47 bits per heavy atom. The summed E-state index contributed by atoms with van der Waals surface area (Å²) in [4.78, 5) is 16.4. The first kappa shape index (κ1) is 26.8. The molecule has 1 atom stereocenters. The van der Waals surface area contributed by atoms with Gasteiger partial charge in [-0.05, 0) is 35.9 Å². The van der Waals surface area contributed by atoms with Crippen LogP contribution >= 0.6 is 0 Å². The number of carbonyl (C=O) groups is 1. The Hall–Kier alpha value is -3.77. The Balaban J connectivity index is 1.99. The molecule has 0 radical (unpaired) electrons. The molecule has 0 spiro atoms. The summed E-state index contributed by atoms with van der Waals surface area (Å²) in [6.45, 7) is 0.